The quantitative estimate of drug-likeness (QED) is 0.441. The molecule has 0 spiro atoms. The highest BCUT2D eigenvalue weighted by atomic mass is 32.2. The van der Waals surface area contributed by atoms with E-state index in [-0.39, 0.29) is 29.3 Å². The van der Waals surface area contributed by atoms with Gasteiger partial charge in [0.1, 0.15) is 5.82 Å². The number of nitrogens with one attached hydrogen (secondary N) is 2. The lowest BCUT2D eigenvalue weighted by Crippen LogP contribution is -2.42. The molecule has 7 nitrogen and oxygen atoms in total. The lowest BCUT2D eigenvalue weighted by molar-refractivity contribution is -0.119. The summed E-state index contributed by atoms with van der Waals surface area (Å²) in [5.74, 6) is -0.413. The highest BCUT2D eigenvalue weighted by Gasteiger charge is 2.19. The van der Waals surface area contributed by atoms with Crippen molar-refractivity contribution < 1.29 is 14.0 Å². The summed E-state index contributed by atoms with van der Waals surface area (Å²) in [5.41, 5.74) is 5.11. The molecule has 2 heterocycles. The van der Waals surface area contributed by atoms with Gasteiger partial charge in [-0.05, 0) is 29.5 Å². The topological polar surface area (TPSA) is 88.9 Å². The minimum atomic E-state index is -0.383. The number of benzene rings is 1. The maximum atomic E-state index is 14.2. The van der Waals surface area contributed by atoms with Gasteiger partial charge >= 0.3 is 0 Å². The van der Waals surface area contributed by atoms with Gasteiger partial charge in [0.2, 0.25) is 5.91 Å². The van der Waals surface area contributed by atoms with Crippen molar-refractivity contribution in [2.24, 2.45) is 5.92 Å². The Hall–Kier alpha value is -2.72. The Kier molecular flexibility index (Phi) is 6.99. The van der Waals surface area contributed by atoms with Gasteiger partial charge in [0.25, 0.3) is 5.91 Å². The molecule has 1 aromatic carbocycles. The maximum absolute atomic E-state index is 14.2. The molecule has 2 N–H and O–H groups in total. The summed E-state index contributed by atoms with van der Waals surface area (Å²) < 4.78 is 16.0. The second kappa shape index (κ2) is 9.66. The molecule has 3 aromatic rings. The number of thiophene rings is 1. The van der Waals surface area contributed by atoms with Crippen molar-refractivity contribution in [3.05, 3.63) is 52.5 Å². The first-order chi connectivity index (χ1) is 14.0. The molecule has 0 aliphatic heterocycles. The van der Waals surface area contributed by atoms with E-state index in [1.807, 2.05) is 18.4 Å². The molecule has 0 saturated heterocycles. The van der Waals surface area contributed by atoms with Gasteiger partial charge in [-0.2, -0.15) is 0 Å². The van der Waals surface area contributed by atoms with E-state index in [2.05, 4.69) is 21.0 Å². The van der Waals surface area contributed by atoms with E-state index < -0.39 is 0 Å². The standard InChI is InChI=1S/C19H20FN5O2S2/c1-12(2)10-25-17(13-6-3-4-7-14(13)20)22-24-19(25)29-11-16(26)21-23-18(27)15-8-5-9-28-15/h3-9,12H,10-11H2,1-2H3,(H,21,26)(H,23,27). The molecule has 152 valence electrons. The number of rotatable bonds is 7. The van der Waals surface area contributed by atoms with Crippen molar-refractivity contribution >= 4 is 34.9 Å². The molecule has 2 aromatic heterocycles. The van der Waals surface area contributed by atoms with Crippen molar-refractivity contribution in [2.75, 3.05) is 5.75 Å². The van der Waals surface area contributed by atoms with E-state index in [1.54, 1.807) is 35.7 Å². The second-order valence-electron chi connectivity index (χ2n) is 6.56. The summed E-state index contributed by atoms with van der Waals surface area (Å²) in [5, 5.41) is 10.6. The molecule has 10 heteroatoms. The fourth-order valence-corrected chi connectivity index (χ4v) is 3.90. The number of carbonyl (C=O) groups is 2. The van der Waals surface area contributed by atoms with Crippen LogP contribution >= 0.6 is 23.1 Å². The third-order valence-electron chi connectivity index (χ3n) is 3.77. The molecule has 0 saturated carbocycles. The second-order valence-corrected chi connectivity index (χ2v) is 8.45. The molecule has 2 amide bonds. The normalized spacial score (nSPS) is 10.9. The summed E-state index contributed by atoms with van der Waals surface area (Å²) in [6, 6.07) is 9.80. The number of hydrogen-bond donors (Lipinski definition) is 2. The first-order valence-corrected chi connectivity index (χ1v) is 10.8. The van der Waals surface area contributed by atoms with Gasteiger partial charge in [-0.3, -0.25) is 20.4 Å². The number of hydrogen-bond acceptors (Lipinski definition) is 6. The zero-order chi connectivity index (χ0) is 20.8. The number of thioether (sulfide) groups is 1. The summed E-state index contributed by atoms with van der Waals surface area (Å²) >= 11 is 2.46. The lowest BCUT2D eigenvalue weighted by Gasteiger charge is -2.13. The fourth-order valence-electron chi connectivity index (χ4n) is 2.53. The third-order valence-corrected chi connectivity index (χ3v) is 5.61. The number of carbonyl (C=O) groups excluding carboxylic acids is 2. The molecule has 0 unspecified atom stereocenters. The molecule has 3 rings (SSSR count). The molecule has 0 aliphatic rings. The first kappa shape index (κ1) is 21.0. The first-order valence-electron chi connectivity index (χ1n) is 8.89. The fraction of sp³-hybridized carbons (Fsp3) is 0.263. The Labute approximate surface area is 175 Å². The van der Waals surface area contributed by atoms with E-state index >= 15 is 0 Å². The van der Waals surface area contributed by atoms with Gasteiger partial charge in [-0.1, -0.05) is 43.8 Å². The van der Waals surface area contributed by atoms with Crippen molar-refractivity contribution in [2.45, 2.75) is 25.5 Å². The smallest absolute Gasteiger partial charge is 0.279 e. The largest absolute Gasteiger partial charge is 0.302 e. The molecular formula is C19H20FN5O2S2. The van der Waals surface area contributed by atoms with E-state index in [0.29, 0.717) is 28.0 Å². The summed E-state index contributed by atoms with van der Waals surface area (Å²) in [7, 11) is 0. The number of hydrazine groups is 1. The molecule has 0 bridgehead atoms. The van der Waals surface area contributed by atoms with Gasteiger partial charge in [0.05, 0.1) is 16.2 Å². The molecule has 29 heavy (non-hydrogen) atoms. The predicted molar refractivity (Wildman–Crippen MR) is 111 cm³/mol. The zero-order valence-electron chi connectivity index (χ0n) is 15.9. The highest BCUT2D eigenvalue weighted by Crippen LogP contribution is 2.26. The Morgan fingerprint density at radius 3 is 2.66 bits per heavy atom. The van der Waals surface area contributed by atoms with E-state index in [0.717, 1.165) is 0 Å². The zero-order valence-corrected chi connectivity index (χ0v) is 17.5. The number of halogens is 1. The van der Waals surface area contributed by atoms with Gasteiger partial charge < -0.3 is 4.57 Å². The lowest BCUT2D eigenvalue weighted by atomic mass is 10.2. The van der Waals surface area contributed by atoms with Gasteiger partial charge in [0, 0.05) is 6.54 Å². The highest BCUT2D eigenvalue weighted by molar-refractivity contribution is 7.99. The number of nitrogens with zero attached hydrogens (tertiary/aromatic N) is 3. The van der Waals surface area contributed by atoms with Crippen LogP contribution in [0.5, 0.6) is 0 Å². The van der Waals surface area contributed by atoms with Crippen LogP contribution in [-0.4, -0.2) is 32.3 Å². The minimum absolute atomic E-state index is 0.0260. The van der Waals surface area contributed by atoms with E-state index in [4.69, 9.17) is 0 Å². The van der Waals surface area contributed by atoms with E-state index in [1.165, 1.54) is 29.2 Å². The Bertz CT molecular complexity index is 988. The third kappa shape index (κ3) is 5.42. The predicted octanol–water partition coefficient (Wildman–Crippen LogP) is 3.36. The molecule has 0 fully saturated rings. The van der Waals surface area contributed by atoms with Crippen LogP contribution in [-0.2, 0) is 11.3 Å². The van der Waals surface area contributed by atoms with Crippen LogP contribution in [0.1, 0.15) is 23.5 Å². The van der Waals surface area contributed by atoms with Crippen molar-refractivity contribution in [3.63, 3.8) is 0 Å². The van der Waals surface area contributed by atoms with Crippen LogP contribution in [0.3, 0.4) is 0 Å². The van der Waals surface area contributed by atoms with Crippen LogP contribution in [0.15, 0.2) is 46.9 Å². The monoisotopic (exact) mass is 433 g/mol. The average Bonchev–Trinajstić information content (AvgIpc) is 3.35. The van der Waals surface area contributed by atoms with Crippen LogP contribution in [0.25, 0.3) is 11.4 Å². The van der Waals surface area contributed by atoms with Crippen molar-refractivity contribution in [1.29, 1.82) is 0 Å². The number of aromatic nitrogens is 3. The summed E-state index contributed by atoms with van der Waals surface area (Å²) in [6.07, 6.45) is 0. The summed E-state index contributed by atoms with van der Waals surface area (Å²) in [6.45, 7) is 4.65. The van der Waals surface area contributed by atoms with Crippen LogP contribution in [0.4, 0.5) is 4.39 Å². The van der Waals surface area contributed by atoms with Crippen molar-refractivity contribution in [1.82, 2.24) is 25.6 Å². The van der Waals surface area contributed by atoms with Crippen molar-refractivity contribution in [3.8, 4) is 11.4 Å². The van der Waals surface area contributed by atoms with Crippen LogP contribution < -0.4 is 10.9 Å². The maximum Gasteiger partial charge on any atom is 0.279 e. The van der Waals surface area contributed by atoms with E-state index in [9.17, 15) is 14.0 Å². The minimum Gasteiger partial charge on any atom is -0.302 e. The van der Waals surface area contributed by atoms with Crippen LogP contribution in [0.2, 0.25) is 0 Å². The SMILES string of the molecule is CC(C)Cn1c(SCC(=O)NNC(=O)c2cccs2)nnc1-c1ccccc1F. The molecule has 0 atom stereocenters. The Morgan fingerprint density at radius 2 is 1.97 bits per heavy atom. The number of amides is 2. The van der Waals surface area contributed by atoms with Gasteiger partial charge in [-0.15, -0.1) is 21.5 Å². The molecule has 0 radical (unpaired) electrons. The molecule has 0 aliphatic carbocycles. The van der Waals surface area contributed by atoms with Gasteiger partial charge in [0.15, 0.2) is 11.0 Å². The van der Waals surface area contributed by atoms with Gasteiger partial charge in [-0.25, -0.2) is 4.39 Å². The average molecular weight is 434 g/mol. The Balaban J connectivity index is 1.66. The summed E-state index contributed by atoms with van der Waals surface area (Å²) in [4.78, 5) is 24.5. The molecular weight excluding hydrogens is 413 g/mol. The van der Waals surface area contributed by atoms with Crippen LogP contribution in [0, 0.1) is 11.7 Å². The Morgan fingerprint density at radius 1 is 1.17 bits per heavy atom.